The van der Waals surface area contributed by atoms with E-state index < -0.39 is 57.1 Å². The van der Waals surface area contributed by atoms with Gasteiger partial charge in [0.25, 0.3) is 40.5 Å². The molecule has 3 aromatic carbocycles. The molecule has 0 saturated carbocycles. The van der Waals surface area contributed by atoms with E-state index in [1.54, 1.807) is 12.1 Å². The first-order valence-corrected chi connectivity index (χ1v) is 28.4. The van der Waals surface area contributed by atoms with Crippen LogP contribution >= 0.6 is 12.6 Å². The smallest absolute Gasteiger partial charge is 0.294 e. The first-order chi connectivity index (χ1) is 31.1. The number of ether oxygens (including phenoxy) is 1. The zero-order valence-corrected chi connectivity index (χ0v) is 42.2. The second-order valence-electron chi connectivity index (χ2n) is 18.3. The summed E-state index contributed by atoms with van der Waals surface area (Å²) >= 11 is 4.53. The summed E-state index contributed by atoms with van der Waals surface area (Å²) in [7, 11) is -17.7. The van der Waals surface area contributed by atoms with Crippen molar-refractivity contribution in [3.05, 3.63) is 119 Å². The second-order valence-corrected chi connectivity index (χ2v) is 25.0. The van der Waals surface area contributed by atoms with Crippen molar-refractivity contribution in [3.8, 4) is 5.75 Å². The van der Waals surface area contributed by atoms with Crippen molar-refractivity contribution in [2.75, 3.05) is 23.7 Å². The lowest BCUT2D eigenvalue weighted by Crippen LogP contribution is -2.28. The molecule has 67 heavy (non-hydrogen) atoms. The molecule has 2 aliphatic heterocycles. The topological polar surface area (TPSA) is 233 Å². The maximum Gasteiger partial charge on any atom is 0.294 e. The molecule has 3 aliphatic rings. The van der Waals surface area contributed by atoms with Crippen LogP contribution < -0.4 is 9.64 Å². The van der Waals surface area contributed by atoms with Crippen LogP contribution in [0, 0.1) is 0 Å². The molecule has 0 bridgehead atoms. The molecule has 1 atom stereocenters. The first-order valence-electron chi connectivity index (χ1n) is 22.0. The van der Waals surface area contributed by atoms with Gasteiger partial charge in [-0.2, -0.15) is 50.9 Å². The van der Waals surface area contributed by atoms with Crippen LogP contribution in [0.2, 0.25) is 0 Å². The lowest BCUT2D eigenvalue weighted by molar-refractivity contribution is -0.438. The van der Waals surface area contributed by atoms with E-state index in [-0.39, 0.29) is 32.1 Å². The third kappa shape index (κ3) is 12.4. The highest BCUT2D eigenvalue weighted by Gasteiger charge is 2.45. The van der Waals surface area contributed by atoms with Gasteiger partial charge >= 0.3 is 0 Å². The largest absolute Gasteiger partial charge is 0.457 e. The van der Waals surface area contributed by atoms with E-state index in [0.29, 0.717) is 55.8 Å². The molecule has 0 aromatic heterocycles. The van der Waals surface area contributed by atoms with Gasteiger partial charge in [-0.1, -0.05) is 33.3 Å². The summed E-state index contributed by atoms with van der Waals surface area (Å²) in [5.41, 5.74) is 4.48. The molecule has 0 spiro atoms. The third-order valence-electron chi connectivity index (χ3n) is 12.6. The quantitative estimate of drug-likeness (QED) is 0.0326. The van der Waals surface area contributed by atoms with Crippen LogP contribution in [0.15, 0.2) is 122 Å². The van der Waals surface area contributed by atoms with E-state index in [4.69, 9.17) is 4.74 Å². The standard InChI is InChI=1S/C47H58N2O13S5/c1-32(63)12-7-6-8-27-48-41-23-21-37(66(56,57)58)30-39(41)46(2,3)43(48)25-15-33-13-11-14-34(45(33)62-35-17-19-36(20-18-35)65(53,54)55)16-26-44-47(4,5)40-31-38(67(59,60)61)22-24-42(40)49(44)28-9-10-29-64(50,51)52/h15-26,30-32H,6-14,27-29H2,1-5H3,(H4-,50,51,52,53,54,55,56,57,58,59,60,61,63)/p+1. The van der Waals surface area contributed by atoms with E-state index in [2.05, 4.69) is 24.1 Å². The average Bonchev–Trinajstić information content (AvgIpc) is 3.57. The lowest BCUT2D eigenvalue weighted by atomic mass is 9.81. The van der Waals surface area contributed by atoms with Crippen molar-refractivity contribution in [3.63, 3.8) is 0 Å². The van der Waals surface area contributed by atoms with Gasteiger partial charge in [-0.05, 0) is 148 Å². The number of thiol groups is 1. The molecule has 0 saturated heterocycles. The Morgan fingerprint density at radius 3 is 1.94 bits per heavy atom. The van der Waals surface area contributed by atoms with Gasteiger partial charge in [0, 0.05) is 47.5 Å². The molecule has 2 heterocycles. The van der Waals surface area contributed by atoms with Gasteiger partial charge in [0.05, 0.1) is 25.9 Å². The minimum Gasteiger partial charge on any atom is -0.457 e. The van der Waals surface area contributed by atoms with Crippen LogP contribution in [-0.4, -0.2) is 86.3 Å². The highest BCUT2D eigenvalue weighted by Crippen LogP contribution is 2.49. The lowest BCUT2D eigenvalue weighted by Gasteiger charge is -2.27. The second kappa shape index (κ2) is 20.1. The van der Waals surface area contributed by atoms with E-state index in [1.165, 1.54) is 48.5 Å². The van der Waals surface area contributed by atoms with E-state index in [9.17, 15) is 51.9 Å². The monoisotopic (exact) mass is 1020 g/mol. The van der Waals surface area contributed by atoms with Crippen LogP contribution in [-0.2, 0) is 51.3 Å². The predicted octanol–water partition coefficient (Wildman–Crippen LogP) is 9.03. The Balaban J connectivity index is 1.48. The molecule has 6 rings (SSSR count). The molecule has 0 amide bonds. The number of allylic oxidation sites excluding steroid dienone is 7. The van der Waals surface area contributed by atoms with Crippen LogP contribution in [0.25, 0.3) is 0 Å². The molecule has 364 valence electrons. The summed E-state index contributed by atoms with van der Waals surface area (Å²) < 4.78 is 144. The fraction of sp³-hybridized carbons (Fsp3) is 0.426. The molecule has 1 aliphatic carbocycles. The Hall–Kier alpha value is -4.12. The Labute approximate surface area is 400 Å². The summed E-state index contributed by atoms with van der Waals surface area (Å²) in [6.45, 7) is 10.8. The fourth-order valence-electron chi connectivity index (χ4n) is 9.06. The van der Waals surface area contributed by atoms with E-state index in [0.717, 1.165) is 59.5 Å². The first kappa shape index (κ1) is 52.3. The number of unbranched alkanes of at least 4 members (excludes halogenated alkanes) is 3. The highest BCUT2D eigenvalue weighted by atomic mass is 32.2. The van der Waals surface area contributed by atoms with Gasteiger partial charge in [-0.3, -0.25) is 18.2 Å². The van der Waals surface area contributed by atoms with Crippen LogP contribution in [0.3, 0.4) is 0 Å². The molecule has 0 radical (unpaired) electrons. The summed E-state index contributed by atoms with van der Waals surface area (Å²) in [6, 6.07) is 14.3. The van der Waals surface area contributed by atoms with Gasteiger partial charge in [0.15, 0.2) is 5.71 Å². The van der Waals surface area contributed by atoms with E-state index in [1.807, 2.05) is 56.9 Å². The number of anilines is 1. The average molecular weight is 1020 g/mol. The van der Waals surface area contributed by atoms with Gasteiger partial charge in [0.2, 0.25) is 5.69 Å². The number of rotatable bonds is 19. The Kier molecular flexibility index (Phi) is 15.7. The minimum atomic E-state index is -4.55. The number of hydrogen-bond donors (Lipinski definition) is 5. The number of benzene rings is 3. The fourth-order valence-corrected chi connectivity index (χ4v) is 11.3. The van der Waals surface area contributed by atoms with E-state index >= 15 is 0 Å². The molecule has 1 unspecified atom stereocenters. The van der Waals surface area contributed by atoms with Gasteiger partial charge in [-0.25, -0.2) is 0 Å². The predicted molar refractivity (Wildman–Crippen MR) is 261 cm³/mol. The SMILES string of the molecule is CC(S)CCCCC[N+]1=C(/C=C/C2=C(Oc3ccc(S(=O)(=O)O)cc3)C(=C/C=C3/N(CCCCS(=O)(=O)O)c4ccc(S(=O)(=O)O)cc4C3(C)C)/CCC2)C(C)(C)c2cc(S(=O)(=O)O)ccc21. The molecule has 0 fully saturated rings. The summed E-state index contributed by atoms with van der Waals surface area (Å²) in [6.07, 6.45) is 13.9. The Morgan fingerprint density at radius 1 is 0.716 bits per heavy atom. The molecule has 3 aromatic rings. The number of hydrogen-bond acceptors (Lipinski definition) is 11. The van der Waals surface area contributed by atoms with Crippen molar-refractivity contribution in [2.24, 2.45) is 0 Å². The van der Waals surface area contributed by atoms with Crippen molar-refractivity contribution >= 4 is 70.2 Å². The van der Waals surface area contributed by atoms with Gasteiger partial charge in [0.1, 0.15) is 18.1 Å². The van der Waals surface area contributed by atoms with Crippen molar-refractivity contribution in [2.45, 2.75) is 123 Å². The van der Waals surface area contributed by atoms with Gasteiger partial charge in [-0.15, -0.1) is 0 Å². The normalized spacial score (nSPS) is 19.2. The summed E-state index contributed by atoms with van der Waals surface area (Å²) in [5, 5.41) is 0.276. The molecule has 20 heteroatoms. The zero-order valence-electron chi connectivity index (χ0n) is 38.1. The summed E-state index contributed by atoms with van der Waals surface area (Å²) in [4.78, 5) is 1.17. The minimum absolute atomic E-state index is 0.157. The maximum atomic E-state index is 12.3. The van der Waals surface area contributed by atoms with Crippen molar-refractivity contribution < 1.29 is 61.2 Å². The molecule has 4 N–H and O–H groups in total. The van der Waals surface area contributed by atoms with Crippen molar-refractivity contribution in [1.82, 2.24) is 0 Å². The molecular formula is C47H59N2O13S5+. The van der Waals surface area contributed by atoms with Crippen LogP contribution in [0.5, 0.6) is 5.75 Å². The molecule has 15 nitrogen and oxygen atoms in total. The van der Waals surface area contributed by atoms with Crippen LogP contribution in [0.4, 0.5) is 11.4 Å². The Bertz CT molecular complexity index is 3020. The number of fused-ring (bicyclic) bond motifs is 2. The highest BCUT2D eigenvalue weighted by molar-refractivity contribution is 7.86. The summed E-state index contributed by atoms with van der Waals surface area (Å²) in [5.74, 6) is 0.337. The Morgan fingerprint density at radius 2 is 1.33 bits per heavy atom. The third-order valence-corrected chi connectivity index (χ3v) is 16.2. The maximum absolute atomic E-state index is 12.3. The zero-order chi connectivity index (χ0) is 49.3. The molecular weight excluding hydrogens is 961 g/mol. The van der Waals surface area contributed by atoms with Crippen molar-refractivity contribution in [1.29, 1.82) is 0 Å². The van der Waals surface area contributed by atoms with Gasteiger partial charge < -0.3 is 9.64 Å². The number of nitrogens with zero attached hydrogens (tertiary/aromatic N) is 2. The van der Waals surface area contributed by atoms with Crippen LogP contribution in [0.1, 0.15) is 104 Å².